The zero-order chi connectivity index (χ0) is 11.4. The van der Waals surface area contributed by atoms with Crippen LogP contribution in [0.1, 0.15) is 16.7 Å². The maximum atomic E-state index is 9.56. The zero-order valence-electron chi connectivity index (χ0n) is 9.14. The van der Waals surface area contributed by atoms with E-state index in [2.05, 4.69) is 13.0 Å². The average Bonchev–Trinajstić information content (AvgIpc) is 2.30. The van der Waals surface area contributed by atoms with Gasteiger partial charge in [-0.25, -0.2) is 0 Å². The molecule has 1 radical (unpaired) electrons. The summed E-state index contributed by atoms with van der Waals surface area (Å²) in [5, 5.41) is 9.56. The van der Waals surface area contributed by atoms with Crippen molar-refractivity contribution < 1.29 is 5.11 Å². The summed E-state index contributed by atoms with van der Waals surface area (Å²) in [7, 11) is 0. The minimum Gasteiger partial charge on any atom is -0.507 e. The molecule has 1 heteroatoms. The minimum atomic E-state index is 0.280. The van der Waals surface area contributed by atoms with Crippen LogP contribution in [0, 0.1) is 13.0 Å². The molecule has 2 rings (SSSR count). The number of para-hydroxylation sites is 1. The first-order chi connectivity index (χ1) is 7.75. The monoisotopic (exact) mass is 209 g/mol. The molecule has 1 N–H and O–H groups in total. The van der Waals surface area contributed by atoms with Gasteiger partial charge in [-0.1, -0.05) is 48.0 Å². The molecule has 79 valence electrons. The fourth-order valence-electron chi connectivity index (χ4n) is 1.42. The van der Waals surface area contributed by atoms with Crippen molar-refractivity contribution in [3.8, 4) is 5.75 Å². The largest absolute Gasteiger partial charge is 0.507 e. The molecule has 0 atom stereocenters. The van der Waals surface area contributed by atoms with Gasteiger partial charge >= 0.3 is 0 Å². The molecular weight excluding hydrogens is 196 g/mol. The predicted molar refractivity (Wildman–Crippen MR) is 66.1 cm³/mol. The summed E-state index contributed by atoms with van der Waals surface area (Å²) in [4.78, 5) is 0. The molecule has 2 aromatic rings. The summed E-state index contributed by atoms with van der Waals surface area (Å²) in [6, 6.07) is 15.3. The third-order valence-electron chi connectivity index (χ3n) is 2.38. The maximum absolute atomic E-state index is 9.56. The van der Waals surface area contributed by atoms with Gasteiger partial charge in [0, 0.05) is 5.56 Å². The van der Waals surface area contributed by atoms with Gasteiger partial charge in [0.25, 0.3) is 0 Å². The van der Waals surface area contributed by atoms with E-state index >= 15 is 0 Å². The van der Waals surface area contributed by atoms with Gasteiger partial charge in [-0.2, -0.15) is 0 Å². The fraction of sp³-hybridized carbons (Fsp3) is 0.0667. The van der Waals surface area contributed by atoms with E-state index in [1.54, 1.807) is 18.2 Å². The molecule has 0 saturated heterocycles. The van der Waals surface area contributed by atoms with Crippen LogP contribution in [0.4, 0.5) is 0 Å². The van der Waals surface area contributed by atoms with Crippen LogP contribution in [0.3, 0.4) is 0 Å². The van der Waals surface area contributed by atoms with E-state index in [1.807, 2.05) is 36.4 Å². The Hall–Kier alpha value is -2.02. The summed E-state index contributed by atoms with van der Waals surface area (Å²) < 4.78 is 0. The van der Waals surface area contributed by atoms with Crippen molar-refractivity contribution in [2.45, 2.75) is 6.92 Å². The molecule has 0 unspecified atom stereocenters. The molecular formula is C15H13O. The summed E-state index contributed by atoms with van der Waals surface area (Å²) in [5.41, 5.74) is 3.02. The van der Waals surface area contributed by atoms with Gasteiger partial charge in [-0.15, -0.1) is 0 Å². The first-order valence-corrected chi connectivity index (χ1v) is 5.20. The Kier molecular flexibility index (Phi) is 3.06. The number of phenols is 1. The van der Waals surface area contributed by atoms with Gasteiger partial charge in [0.1, 0.15) is 5.75 Å². The number of aromatic hydroxyl groups is 1. The summed E-state index contributed by atoms with van der Waals surface area (Å²) >= 11 is 0. The Bertz CT molecular complexity index is 495. The van der Waals surface area contributed by atoms with Crippen LogP contribution in [0.15, 0.2) is 48.5 Å². The standard InChI is InChI=1S/C15H13O/c1-12-6-8-13(9-7-12)10-11-14-4-2-3-5-15(14)16/h2-9,11,16H,1H3. The Morgan fingerprint density at radius 1 is 1.00 bits per heavy atom. The van der Waals surface area contributed by atoms with Crippen molar-refractivity contribution in [1.82, 2.24) is 0 Å². The van der Waals surface area contributed by atoms with Gasteiger partial charge in [-0.05, 0) is 30.7 Å². The molecule has 16 heavy (non-hydrogen) atoms. The summed E-state index contributed by atoms with van der Waals surface area (Å²) in [6.45, 7) is 2.05. The number of phenolic OH excluding ortho intramolecular Hbond substituents is 1. The molecule has 0 aliphatic carbocycles. The lowest BCUT2D eigenvalue weighted by Crippen LogP contribution is -1.77. The van der Waals surface area contributed by atoms with Gasteiger partial charge in [0.05, 0.1) is 0 Å². The van der Waals surface area contributed by atoms with Gasteiger partial charge in [0.15, 0.2) is 0 Å². The van der Waals surface area contributed by atoms with E-state index in [-0.39, 0.29) is 5.75 Å². The van der Waals surface area contributed by atoms with E-state index in [0.717, 1.165) is 11.1 Å². The highest BCUT2D eigenvalue weighted by Crippen LogP contribution is 2.17. The number of hydrogen-bond donors (Lipinski definition) is 1. The second-order valence-electron chi connectivity index (χ2n) is 3.71. The molecule has 0 amide bonds. The third-order valence-corrected chi connectivity index (χ3v) is 2.38. The van der Waals surface area contributed by atoms with E-state index < -0.39 is 0 Å². The maximum Gasteiger partial charge on any atom is 0.122 e. The van der Waals surface area contributed by atoms with Gasteiger partial charge in [-0.3, -0.25) is 0 Å². The van der Waals surface area contributed by atoms with Crippen LogP contribution >= 0.6 is 0 Å². The lowest BCUT2D eigenvalue weighted by atomic mass is 10.1. The van der Waals surface area contributed by atoms with Gasteiger partial charge in [0.2, 0.25) is 0 Å². The van der Waals surface area contributed by atoms with Crippen molar-refractivity contribution in [2.24, 2.45) is 0 Å². The van der Waals surface area contributed by atoms with Crippen molar-refractivity contribution in [3.05, 3.63) is 71.3 Å². The third kappa shape index (κ3) is 2.51. The van der Waals surface area contributed by atoms with Crippen LogP contribution < -0.4 is 0 Å². The summed E-state index contributed by atoms with van der Waals surface area (Å²) in [6.07, 6.45) is 4.94. The lowest BCUT2D eigenvalue weighted by Gasteiger charge is -1.97. The molecule has 0 bridgehead atoms. The van der Waals surface area contributed by atoms with E-state index in [1.165, 1.54) is 5.56 Å². The average molecular weight is 209 g/mol. The number of aryl methyl sites for hydroxylation is 1. The van der Waals surface area contributed by atoms with Crippen LogP contribution in [0.2, 0.25) is 0 Å². The molecule has 1 nitrogen and oxygen atoms in total. The molecule has 0 saturated carbocycles. The number of hydrogen-bond acceptors (Lipinski definition) is 1. The van der Waals surface area contributed by atoms with E-state index in [9.17, 15) is 5.11 Å². The van der Waals surface area contributed by atoms with Crippen molar-refractivity contribution in [1.29, 1.82) is 0 Å². The topological polar surface area (TPSA) is 20.2 Å². The first kappa shape index (κ1) is 10.5. The van der Waals surface area contributed by atoms with Crippen LogP contribution in [-0.4, -0.2) is 5.11 Å². The first-order valence-electron chi connectivity index (χ1n) is 5.20. The highest BCUT2D eigenvalue weighted by molar-refractivity contribution is 5.57. The Balaban J connectivity index is 2.21. The number of rotatable bonds is 2. The molecule has 0 heterocycles. The smallest absolute Gasteiger partial charge is 0.122 e. The quantitative estimate of drug-likeness (QED) is 0.750. The second-order valence-corrected chi connectivity index (χ2v) is 3.71. The van der Waals surface area contributed by atoms with Crippen LogP contribution in [-0.2, 0) is 0 Å². The highest BCUT2D eigenvalue weighted by atomic mass is 16.3. The van der Waals surface area contributed by atoms with Crippen molar-refractivity contribution in [3.63, 3.8) is 0 Å². The Morgan fingerprint density at radius 3 is 2.38 bits per heavy atom. The van der Waals surface area contributed by atoms with Crippen LogP contribution in [0.5, 0.6) is 5.75 Å². The Morgan fingerprint density at radius 2 is 1.69 bits per heavy atom. The predicted octanol–water partition coefficient (Wildman–Crippen LogP) is 3.57. The van der Waals surface area contributed by atoms with E-state index in [4.69, 9.17) is 0 Å². The zero-order valence-corrected chi connectivity index (χ0v) is 9.14. The van der Waals surface area contributed by atoms with Gasteiger partial charge < -0.3 is 5.11 Å². The van der Waals surface area contributed by atoms with Crippen molar-refractivity contribution in [2.75, 3.05) is 0 Å². The molecule has 0 spiro atoms. The molecule has 0 fully saturated rings. The SMILES string of the molecule is Cc1ccc([C]=Cc2ccccc2O)cc1. The molecule has 0 aliphatic rings. The fourth-order valence-corrected chi connectivity index (χ4v) is 1.42. The Labute approximate surface area is 95.7 Å². The van der Waals surface area contributed by atoms with E-state index in [0.29, 0.717) is 0 Å². The normalized spacial score (nSPS) is 10.8. The van der Waals surface area contributed by atoms with Crippen LogP contribution in [0.25, 0.3) is 6.08 Å². The number of benzene rings is 2. The minimum absolute atomic E-state index is 0.280. The van der Waals surface area contributed by atoms with Crippen molar-refractivity contribution >= 4 is 6.08 Å². The molecule has 0 aromatic heterocycles. The highest BCUT2D eigenvalue weighted by Gasteiger charge is 1.94. The summed E-state index contributed by atoms with van der Waals surface area (Å²) in [5.74, 6) is 0.280. The molecule has 0 aliphatic heterocycles. The molecule has 2 aromatic carbocycles. The second kappa shape index (κ2) is 4.67. The lowest BCUT2D eigenvalue weighted by molar-refractivity contribution is 0.474.